The van der Waals surface area contributed by atoms with Crippen molar-refractivity contribution in [1.82, 2.24) is 5.32 Å². The number of alkyl halides is 2. The maximum atomic E-state index is 12.7. The maximum Gasteiger partial charge on any atom is 0.282 e. The zero-order chi connectivity index (χ0) is 12.2. The fourth-order valence-corrected chi connectivity index (χ4v) is 1.64. The van der Waals surface area contributed by atoms with Gasteiger partial charge in [0.25, 0.3) is 5.92 Å². The minimum Gasteiger partial charge on any atom is -0.390 e. The van der Waals surface area contributed by atoms with Gasteiger partial charge in [-0.05, 0) is 33.6 Å². The minimum absolute atomic E-state index is 0.297. The van der Waals surface area contributed by atoms with Crippen molar-refractivity contribution in [1.29, 1.82) is 0 Å². The summed E-state index contributed by atoms with van der Waals surface area (Å²) in [6.07, 6.45) is 0. The zero-order valence-electron chi connectivity index (χ0n) is 8.31. The summed E-state index contributed by atoms with van der Waals surface area (Å²) in [6, 6.07) is 5.19. The molecule has 2 nitrogen and oxygen atoms in total. The van der Waals surface area contributed by atoms with E-state index >= 15 is 0 Å². The lowest BCUT2D eigenvalue weighted by Gasteiger charge is -2.14. The number of benzene rings is 1. The third kappa shape index (κ3) is 4.33. The van der Waals surface area contributed by atoms with Crippen LogP contribution in [0.4, 0.5) is 8.78 Å². The van der Waals surface area contributed by atoms with Gasteiger partial charge in [0, 0.05) is 11.0 Å². The number of nitrogens with one attached hydrogen (secondary N) is 1. The molecule has 0 unspecified atom stereocenters. The third-order valence-electron chi connectivity index (χ3n) is 1.93. The van der Waals surface area contributed by atoms with Gasteiger partial charge in [0.2, 0.25) is 0 Å². The molecule has 0 saturated carbocycles. The second kappa shape index (κ2) is 5.91. The van der Waals surface area contributed by atoms with Crippen molar-refractivity contribution >= 4 is 27.5 Å². The van der Waals surface area contributed by atoms with E-state index in [9.17, 15) is 8.78 Å². The fraction of sp³-hybridized carbons (Fsp3) is 0.400. The molecule has 1 aromatic carbocycles. The monoisotopic (exact) mass is 313 g/mol. The standard InChI is InChI=1S/C10H11BrClF2NO/c11-8-3-7(1-2-9(8)12)4-15-5-10(13,14)6-16/h1-3,15-16H,4-6H2. The Labute approximate surface area is 106 Å². The molecule has 0 aliphatic carbocycles. The second-order valence-electron chi connectivity index (χ2n) is 3.37. The van der Waals surface area contributed by atoms with Crippen molar-refractivity contribution in [2.24, 2.45) is 0 Å². The maximum absolute atomic E-state index is 12.7. The van der Waals surface area contributed by atoms with Gasteiger partial charge in [-0.2, -0.15) is 0 Å². The third-order valence-corrected chi connectivity index (χ3v) is 3.14. The lowest BCUT2D eigenvalue weighted by atomic mass is 10.2. The average Bonchev–Trinajstić information content (AvgIpc) is 2.23. The second-order valence-corrected chi connectivity index (χ2v) is 4.63. The first kappa shape index (κ1) is 13.8. The minimum atomic E-state index is -3.08. The van der Waals surface area contributed by atoms with Crippen LogP contribution in [-0.2, 0) is 6.54 Å². The summed E-state index contributed by atoms with van der Waals surface area (Å²) in [5, 5.41) is 11.5. The van der Waals surface area contributed by atoms with Crippen molar-refractivity contribution in [2.45, 2.75) is 12.5 Å². The molecule has 6 heteroatoms. The van der Waals surface area contributed by atoms with Crippen molar-refractivity contribution in [3.8, 4) is 0 Å². The molecule has 0 heterocycles. The molecule has 1 rings (SSSR count). The van der Waals surface area contributed by atoms with Gasteiger partial charge in [-0.3, -0.25) is 0 Å². The van der Waals surface area contributed by atoms with Crippen LogP contribution in [0.2, 0.25) is 5.02 Å². The molecule has 0 aliphatic heterocycles. The molecule has 0 atom stereocenters. The normalized spacial score (nSPS) is 11.8. The summed E-state index contributed by atoms with van der Waals surface area (Å²) in [4.78, 5) is 0. The summed E-state index contributed by atoms with van der Waals surface area (Å²) in [6.45, 7) is -1.40. The van der Waals surface area contributed by atoms with E-state index in [1.807, 2.05) is 0 Å². The Morgan fingerprint density at radius 3 is 2.69 bits per heavy atom. The highest BCUT2D eigenvalue weighted by molar-refractivity contribution is 9.10. The smallest absolute Gasteiger partial charge is 0.282 e. The predicted molar refractivity (Wildman–Crippen MR) is 62.9 cm³/mol. The van der Waals surface area contributed by atoms with E-state index in [0.717, 1.165) is 10.0 Å². The molecule has 0 spiro atoms. The van der Waals surface area contributed by atoms with Crippen LogP contribution < -0.4 is 5.32 Å². The Kier molecular flexibility index (Phi) is 5.11. The van der Waals surface area contributed by atoms with E-state index in [0.29, 0.717) is 11.6 Å². The summed E-state index contributed by atoms with van der Waals surface area (Å²) < 4.78 is 26.0. The topological polar surface area (TPSA) is 32.3 Å². The van der Waals surface area contributed by atoms with E-state index in [1.165, 1.54) is 0 Å². The van der Waals surface area contributed by atoms with E-state index in [-0.39, 0.29) is 0 Å². The number of aliphatic hydroxyl groups is 1. The van der Waals surface area contributed by atoms with Gasteiger partial charge < -0.3 is 10.4 Å². The first-order valence-electron chi connectivity index (χ1n) is 4.58. The first-order chi connectivity index (χ1) is 7.44. The molecule has 0 saturated heterocycles. The molecular formula is C10H11BrClF2NO. The molecule has 0 aliphatic rings. The Morgan fingerprint density at radius 1 is 1.44 bits per heavy atom. The average molecular weight is 315 g/mol. The first-order valence-corrected chi connectivity index (χ1v) is 5.75. The fourth-order valence-electron chi connectivity index (χ4n) is 1.10. The number of halogens is 4. The Hall–Kier alpha value is -0.230. The molecule has 16 heavy (non-hydrogen) atoms. The van der Waals surface area contributed by atoms with Crippen molar-refractivity contribution < 1.29 is 13.9 Å². The molecular weight excluding hydrogens is 303 g/mol. The highest BCUT2D eigenvalue weighted by Gasteiger charge is 2.26. The van der Waals surface area contributed by atoms with Crippen molar-refractivity contribution in [3.63, 3.8) is 0 Å². The number of hydrogen-bond donors (Lipinski definition) is 2. The van der Waals surface area contributed by atoms with Crippen LogP contribution in [0.25, 0.3) is 0 Å². The molecule has 0 fully saturated rings. The predicted octanol–water partition coefficient (Wildman–Crippen LogP) is 2.82. The van der Waals surface area contributed by atoms with E-state index in [4.69, 9.17) is 16.7 Å². The van der Waals surface area contributed by atoms with Crippen LogP contribution in [0.3, 0.4) is 0 Å². The zero-order valence-corrected chi connectivity index (χ0v) is 10.7. The van der Waals surface area contributed by atoms with Crippen LogP contribution >= 0.6 is 27.5 Å². The quantitative estimate of drug-likeness (QED) is 0.876. The lowest BCUT2D eigenvalue weighted by molar-refractivity contribution is -0.0477. The number of rotatable bonds is 5. The Morgan fingerprint density at radius 2 is 2.12 bits per heavy atom. The molecule has 0 radical (unpaired) electrons. The number of aliphatic hydroxyl groups excluding tert-OH is 1. The van der Waals surface area contributed by atoms with E-state index in [1.54, 1.807) is 18.2 Å². The van der Waals surface area contributed by atoms with Gasteiger partial charge >= 0.3 is 0 Å². The SMILES string of the molecule is OCC(F)(F)CNCc1ccc(Cl)c(Br)c1. The Bertz CT molecular complexity index is 363. The van der Waals surface area contributed by atoms with Crippen molar-refractivity contribution in [2.75, 3.05) is 13.2 Å². The van der Waals surface area contributed by atoms with Gasteiger partial charge in [0.15, 0.2) is 0 Å². The van der Waals surface area contributed by atoms with Crippen LogP contribution in [-0.4, -0.2) is 24.2 Å². The highest BCUT2D eigenvalue weighted by Crippen LogP contribution is 2.23. The Balaban J connectivity index is 2.46. The van der Waals surface area contributed by atoms with Gasteiger partial charge in [-0.15, -0.1) is 0 Å². The largest absolute Gasteiger partial charge is 0.390 e. The summed E-state index contributed by atoms with van der Waals surface area (Å²) in [5.74, 6) is -3.08. The molecule has 1 aromatic rings. The van der Waals surface area contributed by atoms with E-state index in [2.05, 4.69) is 21.2 Å². The molecule has 0 amide bonds. The van der Waals surface area contributed by atoms with Gasteiger partial charge in [-0.25, -0.2) is 8.78 Å². The van der Waals surface area contributed by atoms with Crippen LogP contribution in [0.1, 0.15) is 5.56 Å². The summed E-state index contributed by atoms with van der Waals surface area (Å²) in [7, 11) is 0. The van der Waals surface area contributed by atoms with Gasteiger partial charge in [0.1, 0.15) is 6.61 Å². The number of hydrogen-bond acceptors (Lipinski definition) is 2. The van der Waals surface area contributed by atoms with Crippen molar-refractivity contribution in [3.05, 3.63) is 33.3 Å². The van der Waals surface area contributed by atoms with Gasteiger partial charge in [0.05, 0.1) is 11.6 Å². The molecule has 0 aromatic heterocycles. The van der Waals surface area contributed by atoms with Gasteiger partial charge in [-0.1, -0.05) is 17.7 Å². The highest BCUT2D eigenvalue weighted by atomic mass is 79.9. The van der Waals surface area contributed by atoms with E-state index < -0.39 is 19.1 Å². The molecule has 90 valence electrons. The van der Waals surface area contributed by atoms with Crippen LogP contribution in [0, 0.1) is 0 Å². The van der Waals surface area contributed by atoms with Crippen LogP contribution in [0.15, 0.2) is 22.7 Å². The lowest BCUT2D eigenvalue weighted by Crippen LogP contribution is -2.35. The molecule has 0 bridgehead atoms. The van der Waals surface area contributed by atoms with Crippen LogP contribution in [0.5, 0.6) is 0 Å². The summed E-state index contributed by atoms with van der Waals surface area (Å²) >= 11 is 9.03. The molecule has 2 N–H and O–H groups in total. The summed E-state index contributed by atoms with van der Waals surface area (Å²) in [5.41, 5.74) is 0.838.